The largest absolute Gasteiger partial charge is 0.394 e. The van der Waals surface area contributed by atoms with Gasteiger partial charge in [0.2, 0.25) is 5.91 Å². The summed E-state index contributed by atoms with van der Waals surface area (Å²) in [7, 11) is 0. The average Bonchev–Trinajstić information content (AvgIpc) is 2.72. The number of aliphatic hydroxyl groups is 1. The van der Waals surface area contributed by atoms with Gasteiger partial charge in [0.05, 0.1) is 25.4 Å². The minimum atomic E-state index is -0.610. The molecule has 0 radical (unpaired) electrons. The molecule has 9 nitrogen and oxygen atoms in total. The van der Waals surface area contributed by atoms with Gasteiger partial charge in [-0.1, -0.05) is 12.1 Å². The first-order chi connectivity index (χ1) is 13.5. The van der Waals surface area contributed by atoms with E-state index in [2.05, 4.69) is 15.6 Å². The maximum Gasteiger partial charge on any atom is 0.270 e. The molecule has 0 fully saturated rings. The summed E-state index contributed by atoms with van der Waals surface area (Å²) in [5.74, 6) is -1.23. The molecule has 0 bridgehead atoms. The minimum Gasteiger partial charge on any atom is -0.394 e. The highest BCUT2D eigenvalue weighted by Crippen LogP contribution is 2.05. The molecule has 28 heavy (non-hydrogen) atoms. The van der Waals surface area contributed by atoms with Gasteiger partial charge < -0.3 is 26.2 Å². The van der Waals surface area contributed by atoms with Gasteiger partial charge in [-0.15, -0.1) is 0 Å². The number of pyridine rings is 1. The number of primary amides is 1. The Balaban J connectivity index is 1.81. The van der Waals surface area contributed by atoms with Gasteiger partial charge in [0.15, 0.2) is 0 Å². The Kier molecular flexibility index (Phi) is 8.07. The Morgan fingerprint density at radius 2 is 1.68 bits per heavy atom. The van der Waals surface area contributed by atoms with Crippen LogP contribution in [0.3, 0.4) is 0 Å². The van der Waals surface area contributed by atoms with Gasteiger partial charge in [-0.05, 0) is 29.8 Å². The number of nitrogens with one attached hydrogen (secondary N) is 2. The highest BCUT2D eigenvalue weighted by molar-refractivity contribution is 5.95. The second kappa shape index (κ2) is 10.8. The van der Waals surface area contributed by atoms with Gasteiger partial charge in [0.25, 0.3) is 11.8 Å². The van der Waals surface area contributed by atoms with Crippen LogP contribution >= 0.6 is 0 Å². The Morgan fingerprint density at radius 3 is 2.29 bits per heavy atom. The third kappa shape index (κ3) is 6.45. The molecule has 5 N–H and O–H groups in total. The maximum absolute atomic E-state index is 12.1. The number of aliphatic hydroxyl groups excluding tert-OH is 1. The summed E-state index contributed by atoms with van der Waals surface area (Å²) < 4.78 is 5.06. The van der Waals surface area contributed by atoms with Crippen LogP contribution in [0, 0.1) is 0 Å². The van der Waals surface area contributed by atoms with Crippen molar-refractivity contribution in [2.45, 2.75) is 6.54 Å². The highest BCUT2D eigenvalue weighted by Gasteiger charge is 2.09. The number of nitrogens with two attached hydrogens (primary N) is 1. The van der Waals surface area contributed by atoms with Crippen LogP contribution in [0.25, 0.3) is 0 Å². The summed E-state index contributed by atoms with van der Waals surface area (Å²) in [6, 6.07) is 9.65. The number of carbonyl (C=O) groups is 3. The number of ether oxygens (including phenoxy) is 1. The molecule has 1 aromatic heterocycles. The third-order valence-corrected chi connectivity index (χ3v) is 3.72. The first kappa shape index (κ1) is 21.0. The number of hydrogen-bond acceptors (Lipinski definition) is 6. The van der Waals surface area contributed by atoms with Crippen molar-refractivity contribution < 1.29 is 24.2 Å². The molecule has 0 saturated heterocycles. The van der Waals surface area contributed by atoms with Gasteiger partial charge in [0.1, 0.15) is 5.69 Å². The van der Waals surface area contributed by atoms with Crippen LogP contribution in [0.4, 0.5) is 0 Å². The van der Waals surface area contributed by atoms with E-state index in [0.717, 1.165) is 5.56 Å². The average molecular weight is 386 g/mol. The van der Waals surface area contributed by atoms with Crippen molar-refractivity contribution >= 4 is 17.7 Å². The molecule has 9 heteroatoms. The molecule has 2 aromatic rings. The third-order valence-electron chi connectivity index (χ3n) is 3.72. The Bertz CT molecular complexity index is 806. The van der Waals surface area contributed by atoms with Crippen molar-refractivity contribution in [2.24, 2.45) is 5.73 Å². The molecule has 0 atom stereocenters. The van der Waals surface area contributed by atoms with E-state index in [4.69, 9.17) is 15.6 Å². The number of amides is 3. The summed E-state index contributed by atoms with van der Waals surface area (Å²) in [5.41, 5.74) is 6.83. The second-order valence-corrected chi connectivity index (χ2v) is 5.77. The number of benzene rings is 1. The molecule has 0 saturated carbocycles. The number of nitrogens with zero attached hydrogens (tertiary/aromatic N) is 1. The van der Waals surface area contributed by atoms with Crippen LogP contribution in [-0.4, -0.2) is 54.2 Å². The lowest BCUT2D eigenvalue weighted by molar-refractivity contribution is 0.0837. The Labute approximate surface area is 161 Å². The van der Waals surface area contributed by atoms with E-state index >= 15 is 0 Å². The SMILES string of the molecule is NC(=O)c1ccc(C(=O)NCc2ccc(C(=O)NCCOCCO)cc2)nc1. The van der Waals surface area contributed by atoms with E-state index in [-0.39, 0.29) is 42.8 Å². The van der Waals surface area contributed by atoms with Gasteiger partial charge in [-0.25, -0.2) is 0 Å². The summed E-state index contributed by atoms with van der Waals surface area (Å²) in [4.78, 5) is 39.0. The molecule has 0 spiro atoms. The van der Waals surface area contributed by atoms with E-state index in [9.17, 15) is 14.4 Å². The smallest absolute Gasteiger partial charge is 0.270 e. The second-order valence-electron chi connectivity index (χ2n) is 5.77. The Morgan fingerprint density at radius 1 is 0.964 bits per heavy atom. The fourth-order valence-corrected chi connectivity index (χ4v) is 2.23. The van der Waals surface area contributed by atoms with E-state index in [1.807, 2.05) is 0 Å². The standard InChI is InChI=1S/C19H22N4O5/c20-17(25)15-5-6-16(22-12-15)19(27)23-11-13-1-3-14(4-2-13)18(26)21-7-9-28-10-8-24/h1-6,12,24H,7-11H2,(H2,20,25)(H,21,26)(H,23,27). The van der Waals surface area contributed by atoms with Gasteiger partial charge in [-0.2, -0.15) is 0 Å². The van der Waals surface area contributed by atoms with E-state index < -0.39 is 5.91 Å². The molecule has 1 heterocycles. The lowest BCUT2D eigenvalue weighted by atomic mass is 10.1. The van der Waals surface area contributed by atoms with Crippen LogP contribution in [-0.2, 0) is 11.3 Å². The highest BCUT2D eigenvalue weighted by atomic mass is 16.5. The first-order valence-corrected chi connectivity index (χ1v) is 8.61. The number of carbonyl (C=O) groups excluding carboxylic acids is 3. The first-order valence-electron chi connectivity index (χ1n) is 8.61. The van der Waals surface area contributed by atoms with Crippen molar-refractivity contribution in [1.82, 2.24) is 15.6 Å². The lowest BCUT2D eigenvalue weighted by Gasteiger charge is -2.08. The summed E-state index contributed by atoms with van der Waals surface area (Å²) in [6.07, 6.45) is 1.25. The molecule has 0 aliphatic carbocycles. The zero-order valence-electron chi connectivity index (χ0n) is 15.2. The fourth-order valence-electron chi connectivity index (χ4n) is 2.23. The van der Waals surface area contributed by atoms with Crippen LogP contribution in [0.2, 0.25) is 0 Å². The molecule has 148 valence electrons. The quantitative estimate of drug-likeness (QED) is 0.418. The molecular weight excluding hydrogens is 364 g/mol. The summed E-state index contributed by atoms with van der Waals surface area (Å²) in [6.45, 7) is 1.11. The molecule has 3 amide bonds. The van der Waals surface area contributed by atoms with Crippen LogP contribution < -0.4 is 16.4 Å². The lowest BCUT2D eigenvalue weighted by Crippen LogP contribution is -2.27. The molecule has 0 unspecified atom stereocenters. The van der Waals surface area contributed by atoms with E-state index in [1.165, 1.54) is 18.3 Å². The van der Waals surface area contributed by atoms with Gasteiger partial charge in [-0.3, -0.25) is 19.4 Å². The maximum atomic E-state index is 12.1. The van der Waals surface area contributed by atoms with Crippen molar-refractivity contribution in [3.63, 3.8) is 0 Å². The molecule has 0 aliphatic rings. The molecule has 2 rings (SSSR count). The van der Waals surface area contributed by atoms with Crippen LogP contribution in [0.5, 0.6) is 0 Å². The molecular formula is C19H22N4O5. The summed E-state index contributed by atoms with van der Waals surface area (Å²) in [5, 5.41) is 14.0. The molecule has 0 aliphatic heterocycles. The normalized spacial score (nSPS) is 10.3. The predicted octanol–water partition coefficient (Wildman–Crippen LogP) is -0.151. The summed E-state index contributed by atoms with van der Waals surface area (Å²) >= 11 is 0. The van der Waals surface area contributed by atoms with Crippen LogP contribution in [0.1, 0.15) is 36.8 Å². The van der Waals surface area contributed by atoms with Crippen molar-refractivity contribution in [1.29, 1.82) is 0 Å². The number of rotatable bonds is 10. The monoisotopic (exact) mass is 386 g/mol. The van der Waals surface area contributed by atoms with Crippen molar-refractivity contribution in [3.8, 4) is 0 Å². The van der Waals surface area contributed by atoms with E-state index in [1.54, 1.807) is 24.3 Å². The fraction of sp³-hybridized carbons (Fsp3) is 0.263. The molecule has 1 aromatic carbocycles. The Hall–Kier alpha value is -3.30. The minimum absolute atomic E-state index is 0.0549. The zero-order valence-corrected chi connectivity index (χ0v) is 15.2. The van der Waals surface area contributed by atoms with E-state index in [0.29, 0.717) is 18.7 Å². The van der Waals surface area contributed by atoms with Gasteiger partial charge in [0, 0.05) is 24.8 Å². The van der Waals surface area contributed by atoms with Crippen molar-refractivity contribution in [2.75, 3.05) is 26.4 Å². The topological polar surface area (TPSA) is 144 Å². The number of hydrogen-bond donors (Lipinski definition) is 4. The number of aromatic nitrogens is 1. The zero-order chi connectivity index (χ0) is 20.4. The predicted molar refractivity (Wildman–Crippen MR) is 101 cm³/mol. The van der Waals surface area contributed by atoms with Gasteiger partial charge >= 0.3 is 0 Å². The van der Waals surface area contributed by atoms with Crippen molar-refractivity contribution in [3.05, 3.63) is 65.0 Å². The van der Waals surface area contributed by atoms with Crippen LogP contribution in [0.15, 0.2) is 42.6 Å².